The molecule has 0 radical (unpaired) electrons. The van der Waals surface area contributed by atoms with Crippen molar-refractivity contribution in [1.82, 2.24) is 20.2 Å². The molecule has 112 valence electrons. The van der Waals surface area contributed by atoms with Crippen LogP contribution in [0.5, 0.6) is 0 Å². The fourth-order valence-corrected chi connectivity index (χ4v) is 4.48. The lowest BCUT2D eigenvalue weighted by Crippen LogP contribution is -2.49. The molecule has 2 aromatic heterocycles. The Morgan fingerprint density at radius 2 is 2.10 bits per heavy atom. The molecule has 2 aliphatic rings. The number of anilines is 1. The third-order valence-electron chi connectivity index (χ3n) is 4.64. The van der Waals surface area contributed by atoms with Crippen molar-refractivity contribution in [2.75, 3.05) is 44.2 Å². The van der Waals surface area contributed by atoms with Crippen LogP contribution in [0.15, 0.2) is 11.7 Å². The van der Waals surface area contributed by atoms with Gasteiger partial charge >= 0.3 is 0 Å². The number of fused-ring (bicyclic) bond motifs is 1. The molecule has 5 nitrogen and oxygen atoms in total. The Labute approximate surface area is 129 Å². The Bertz CT molecular complexity index is 634. The molecular weight excluding hydrogens is 282 g/mol. The largest absolute Gasteiger partial charge is 0.354 e. The molecule has 0 aromatic carbocycles. The van der Waals surface area contributed by atoms with Gasteiger partial charge in [0.1, 0.15) is 12.1 Å². The first-order valence-electron chi connectivity index (χ1n) is 7.71. The number of hydrogen-bond acceptors (Lipinski definition) is 6. The van der Waals surface area contributed by atoms with Crippen molar-refractivity contribution in [2.24, 2.45) is 0 Å². The zero-order chi connectivity index (χ0) is 14.2. The van der Waals surface area contributed by atoms with E-state index >= 15 is 0 Å². The van der Waals surface area contributed by atoms with Gasteiger partial charge in [0.25, 0.3) is 0 Å². The third-order valence-corrected chi connectivity index (χ3v) is 5.73. The van der Waals surface area contributed by atoms with Crippen LogP contribution in [0.2, 0.25) is 0 Å². The van der Waals surface area contributed by atoms with Crippen LogP contribution in [-0.2, 0) is 0 Å². The van der Waals surface area contributed by atoms with E-state index in [9.17, 15) is 0 Å². The SMILES string of the molecule is Cc1csc2c(N3CCC(N4CCNCC4)C3)ncnc12. The van der Waals surface area contributed by atoms with Crippen molar-refractivity contribution in [3.63, 3.8) is 0 Å². The summed E-state index contributed by atoms with van der Waals surface area (Å²) in [4.78, 5) is 14.1. The van der Waals surface area contributed by atoms with Crippen LogP contribution in [0.4, 0.5) is 5.82 Å². The summed E-state index contributed by atoms with van der Waals surface area (Å²) in [7, 11) is 0. The first kappa shape index (κ1) is 13.4. The Balaban J connectivity index is 1.56. The number of aryl methyl sites for hydroxylation is 1. The summed E-state index contributed by atoms with van der Waals surface area (Å²) in [6.45, 7) is 8.94. The summed E-state index contributed by atoms with van der Waals surface area (Å²) in [6.07, 6.45) is 2.96. The molecule has 0 amide bonds. The van der Waals surface area contributed by atoms with Crippen LogP contribution >= 0.6 is 11.3 Å². The molecular formula is C15H21N5S. The van der Waals surface area contributed by atoms with Crippen LogP contribution in [-0.4, -0.2) is 60.2 Å². The molecule has 4 rings (SSSR count). The highest BCUT2D eigenvalue weighted by Gasteiger charge is 2.30. The van der Waals surface area contributed by atoms with Gasteiger partial charge in [-0.15, -0.1) is 11.3 Å². The van der Waals surface area contributed by atoms with E-state index in [0.717, 1.165) is 37.5 Å². The number of hydrogen-bond donors (Lipinski definition) is 1. The topological polar surface area (TPSA) is 44.3 Å². The average Bonchev–Trinajstić information content (AvgIpc) is 3.16. The number of nitrogens with one attached hydrogen (secondary N) is 1. The second kappa shape index (κ2) is 5.51. The minimum absolute atomic E-state index is 0.679. The quantitative estimate of drug-likeness (QED) is 0.910. The van der Waals surface area contributed by atoms with Crippen LogP contribution in [0, 0.1) is 6.92 Å². The maximum absolute atomic E-state index is 4.58. The molecule has 2 saturated heterocycles. The summed E-state index contributed by atoms with van der Waals surface area (Å²) < 4.78 is 1.25. The van der Waals surface area contributed by atoms with Crippen molar-refractivity contribution >= 4 is 27.4 Å². The Morgan fingerprint density at radius 3 is 2.95 bits per heavy atom. The van der Waals surface area contributed by atoms with E-state index in [2.05, 4.69) is 37.4 Å². The van der Waals surface area contributed by atoms with Crippen LogP contribution in [0.1, 0.15) is 12.0 Å². The highest BCUT2D eigenvalue weighted by atomic mass is 32.1. The van der Waals surface area contributed by atoms with Gasteiger partial charge in [0, 0.05) is 45.3 Å². The molecule has 0 saturated carbocycles. The lowest BCUT2D eigenvalue weighted by atomic mass is 10.2. The van der Waals surface area contributed by atoms with Gasteiger partial charge in [0.15, 0.2) is 0 Å². The highest BCUT2D eigenvalue weighted by molar-refractivity contribution is 7.18. The molecule has 1 atom stereocenters. The fraction of sp³-hybridized carbons (Fsp3) is 0.600. The van der Waals surface area contributed by atoms with Crippen LogP contribution in [0.3, 0.4) is 0 Å². The molecule has 2 aromatic rings. The zero-order valence-corrected chi connectivity index (χ0v) is 13.2. The Morgan fingerprint density at radius 1 is 1.24 bits per heavy atom. The van der Waals surface area contributed by atoms with Crippen molar-refractivity contribution in [3.8, 4) is 0 Å². The molecule has 0 spiro atoms. The second-order valence-corrected chi connectivity index (χ2v) is 6.85. The first-order chi connectivity index (χ1) is 10.3. The minimum atomic E-state index is 0.679. The van der Waals surface area contributed by atoms with E-state index in [1.165, 1.54) is 29.8 Å². The maximum Gasteiger partial charge on any atom is 0.150 e. The van der Waals surface area contributed by atoms with Gasteiger partial charge in [-0.1, -0.05) is 0 Å². The van der Waals surface area contributed by atoms with E-state index < -0.39 is 0 Å². The number of rotatable bonds is 2. The predicted molar refractivity (Wildman–Crippen MR) is 87.2 cm³/mol. The summed E-state index contributed by atoms with van der Waals surface area (Å²) >= 11 is 1.77. The molecule has 0 aliphatic carbocycles. The lowest BCUT2D eigenvalue weighted by molar-refractivity contribution is 0.185. The molecule has 2 aliphatic heterocycles. The second-order valence-electron chi connectivity index (χ2n) is 5.97. The fourth-order valence-electron chi connectivity index (χ4n) is 3.46. The van der Waals surface area contributed by atoms with E-state index in [1.54, 1.807) is 17.7 Å². The van der Waals surface area contributed by atoms with Crippen LogP contribution in [0.25, 0.3) is 10.2 Å². The maximum atomic E-state index is 4.58. The normalized spacial score (nSPS) is 24.0. The van der Waals surface area contributed by atoms with Gasteiger partial charge in [0.05, 0.1) is 10.2 Å². The van der Waals surface area contributed by atoms with Gasteiger partial charge in [-0.3, -0.25) is 4.90 Å². The third kappa shape index (κ3) is 2.41. The van der Waals surface area contributed by atoms with E-state index in [-0.39, 0.29) is 0 Å². The minimum Gasteiger partial charge on any atom is -0.354 e. The molecule has 1 unspecified atom stereocenters. The summed E-state index contributed by atoms with van der Waals surface area (Å²) in [5.41, 5.74) is 2.38. The van der Waals surface area contributed by atoms with Crippen molar-refractivity contribution in [1.29, 1.82) is 0 Å². The van der Waals surface area contributed by atoms with Gasteiger partial charge < -0.3 is 10.2 Å². The van der Waals surface area contributed by atoms with E-state index in [1.807, 2.05) is 0 Å². The molecule has 6 heteroatoms. The summed E-state index contributed by atoms with van der Waals surface area (Å²) in [5.74, 6) is 1.13. The van der Waals surface area contributed by atoms with Gasteiger partial charge in [-0.25, -0.2) is 9.97 Å². The zero-order valence-electron chi connectivity index (χ0n) is 12.4. The smallest absolute Gasteiger partial charge is 0.150 e. The van der Waals surface area contributed by atoms with Gasteiger partial charge in [0.2, 0.25) is 0 Å². The Hall–Kier alpha value is -1.24. The highest BCUT2D eigenvalue weighted by Crippen LogP contribution is 2.33. The standard InChI is InChI=1S/C15H21N5S/c1-11-9-21-14-13(11)17-10-18-15(14)20-5-2-12(8-20)19-6-3-16-4-7-19/h9-10,12,16H,2-8H2,1H3. The van der Waals surface area contributed by atoms with Crippen LogP contribution < -0.4 is 10.2 Å². The molecule has 21 heavy (non-hydrogen) atoms. The molecule has 1 N–H and O–H groups in total. The Kier molecular flexibility index (Phi) is 3.52. The monoisotopic (exact) mass is 303 g/mol. The van der Waals surface area contributed by atoms with Crippen molar-refractivity contribution in [3.05, 3.63) is 17.3 Å². The van der Waals surface area contributed by atoms with Gasteiger partial charge in [-0.05, 0) is 24.3 Å². The van der Waals surface area contributed by atoms with Gasteiger partial charge in [-0.2, -0.15) is 0 Å². The average molecular weight is 303 g/mol. The number of thiophene rings is 1. The molecule has 0 bridgehead atoms. The first-order valence-corrected chi connectivity index (χ1v) is 8.59. The predicted octanol–water partition coefficient (Wildman–Crippen LogP) is 1.48. The summed E-state index contributed by atoms with van der Waals surface area (Å²) in [5, 5.41) is 5.62. The van der Waals surface area contributed by atoms with Crippen molar-refractivity contribution < 1.29 is 0 Å². The van der Waals surface area contributed by atoms with Crippen molar-refractivity contribution in [2.45, 2.75) is 19.4 Å². The number of piperazine rings is 1. The number of nitrogens with zero attached hydrogens (tertiary/aromatic N) is 4. The summed E-state index contributed by atoms with van der Waals surface area (Å²) in [6, 6.07) is 0.679. The molecule has 2 fully saturated rings. The number of aromatic nitrogens is 2. The van der Waals surface area contributed by atoms with E-state index in [4.69, 9.17) is 0 Å². The lowest BCUT2D eigenvalue weighted by Gasteiger charge is -2.32. The van der Waals surface area contributed by atoms with E-state index in [0.29, 0.717) is 6.04 Å². The molecule has 4 heterocycles.